The van der Waals surface area contributed by atoms with Crippen LogP contribution in [0.3, 0.4) is 0 Å². The number of amides is 1. The van der Waals surface area contributed by atoms with Gasteiger partial charge in [0.05, 0.1) is 11.5 Å². The van der Waals surface area contributed by atoms with E-state index in [2.05, 4.69) is 6.58 Å². The minimum Gasteiger partial charge on any atom is -0.392 e. The molecule has 100 valence electrons. The van der Waals surface area contributed by atoms with Gasteiger partial charge in [-0.2, -0.15) is 0 Å². The van der Waals surface area contributed by atoms with Crippen molar-refractivity contribution in [2.45, 2.75) is 13.0 Å². The molecule has 1 aliphatic heterocycles. The highest BCUT2D eigenvalue weighted by Gasteiger charge is 2.30. The van der Waals surface area contributed by atoms with Crippen LogP contribution in [0.1, 0.15) is 12.0 Å². The van der Waals surface area contributed by atoms with Crippen LogP contribution in [-0.2, 0) is 11.4 Å². The number of benzene rings is 1. The van der Waals surface area contributed by atoms with Gasteiger partial charge in [0.1, 0.15) is 0 Å². The molecule has 0 radical (unpaired) electrons. The molecule has 1 fully saturated rings. The van der Waals surface area contributed by atoms with Gasteiger partial charge in [-0.15, -0.1) is 6.58 Å². The largest absolute Gasteiger partial charge is 0.392 e. The molecule has 0 aliphatic carbocycles. The Bertz CT molecular complexity index is 541. The summed E-state index contributed by atoms with van der Waals surface area (Å²) < 4.78 is 0. The average Bonchev–Trinajstić information content (AvgIpc) is 2.79. The van der Waals surface area contributed by atoms with Crippen molar-refractivity contribution >= 4 is 17.3 Å². The number of non-ortho nitro benzene ring substituents is 1. The number of nitro benzene ring substituents is 1. The summed E-state index contributed by atoms with van der Waals surface area (Å²) in [7, 11) is 0. The molecule has 1 unspecified atom stereocenters. The van der Waals surface area contributed by atoms with E-state index in [0.717, 1.165) is 0 Å². The predicted molar refractivity (Wildman–Crippen MR) is 69.7 cm³/mol. The molecule has 1 N–H and O–H groups in total. The summed E-state index contributed by atoms with van der Waals surface area (Å²) in [6.45, 7) is 3.81. The highest BCUT2D eigenvalue weighted by molar-refractivity contribution is 5.96. The molecule has 0 aromatic heterocycles. The number of carbonyl (C=O) groups is 1. The first-order chi connectivity index (χ1) is 9.06. The summed E-state index contributed by atoms with van der Waals surface area (Å²) in [5, 5.41) is 20.0. The maximum Gasteiger partial charge on any atom is 0.269 e. The quantitative estimate of drug-likeness (QED) is 0.507. The number of aliphatic hydroxyl groups is 1. The number of hydrogen-bond donors (Lipinski definition) is 1. The van der Waals surface area contributed by atoms with Crippen LogP contribution in [0, 0.1) is 16.0 Å². The van der Waals surface area contributed by atoms with Gasteiger partial charge in [0.15, 0.2) is 0 Å². The van der Waals surface area contributed by atoms with Gasteiger partial charge >= 0.3 is 0 Å². The summed E-state index contributed by atoms with van der Waals surface area (Å²) in [5.41, 5.74) is 0.814. The number of anilines is 1. The second-order valence-electron chi connectivity index (χ2n) is 4.43. The van der Waals surface area contributed by atoms with Crippen molar-refractivity contribution in [2.24, 2.45) is 5.92 Å². The van der Waals surface area contributed by atoms with Gasteiger partial charge < -0.3 is 10.0 Å². The lowest BCUT2D eigenvalue weighted by Gasteiger charge is -2.19. The lowest BCUT2D eigenvalue weighted by Crippen LogP contribution is -2.25. The van der Waals surface area contributed by atoms with Gasteiger partial charge in [0, 0.05) is 42.3 Å². The van der Waals surface area contributed by atoms with Crippen molar-refractivity contribution in [1.29, 1.82) is 0 Å². The first-order valence-electron chi connectivity index (χ1n) is 5.88. The van der Waals surface area contributed by atoms with Crippen molar-refractivity contribution in [2.75, 3.05) is 11.4 Å². The molecule has 1 saturated heterocycles. The summed E-state index contributed by atoms with van der Waals surface area (Å²) in [4.78, 5) is 23.6. The molecule has 2 rings (SSSR count). The zero-order valence-corrected chi connectivity index (χ0v) is 10.3. The zero-order chi connectivity index (χ0) is 14.0. The Morgan fingerprint density at radius 1 is 1.58 bits per heavy atom. The van der Waals surface area contributed by atoms with E-state index in [1.54, 1.807) is 11.0 Å². The van der Waals surface area contributed by atoms with Crippen LogP contribution in [0.25, 0.3) is 0 Å². The Hall–Kier alpha value is -2.21. The second kappa shape index (κ2) is 5.19. The van der Waals surface area contributed by atoms with Gasteiger partial charge in [0.2, 0.25) is 5.91 Å². The van der Waals surface area contributed by atoms with Gasteiger partial charge in [-0.25, -0.2) is 0 Å². The van der Waals surface area contributed by atoms with Gasteiger partial charge in [-0.1, -0.05) is 6.08 Å². The molecular formula is C13H14N2O4. The summed E-state index contributed by atoms with van der Waals surface area (Å²) in [6.07, 6.45) is 2.10. The highest BCUT2D eigenvalue weighted by Crippen LogP contribution is 2.31. The fourth-order valence-electron chi connectivity index (χ4n) is 2.20. The van der Waals surface area contributed by atoms with Crippen molar-refractivity contribution in [3.05, 3.63) is 46.5 Å². The number of carbonyl (C=O) groups excluding carboxylic acids is 1. The molecule has 19 heavy (non-hydrogen) atoms. The molecule has 1 aromatic rings. The third-order valence-electron chi connectivity index (χ3n) is 3.22. The van der Waals surface area contributed by atoms with Gasteiger partial charge in [-0.05, 0) is 6.07 Å². The van der Waals surface area contributed by atoms with Crippen LogP contribution < -0.4 is 4.90 Å². The van der Waals surface area contributed by atoms with Crippen molar-refractivity contribution in [3.8, 4) is 0 Å². The minimum absolute atomic E-state index is 0.0616. The van der Waals surface area contributed by atoms with E-state index in [4.69, 9.17) is 0 Å². The molecule has 0 bridgehead atoms. The van der Waals surface area contributed by atoms with Crippen LogP contribution in [0.4, 0.5) is 11.4 Å². The van der Waals surface area contributed by atoms with E-state index in [-0.39, 0.29) is 24.1 Å². The smallest absolute Gasteiger partial charge is 0.269 e. The van der Waals surface area contributed by atoms with E-state index in [1.165, 1.54) is 18.2 Å². The zero-order valence-electron chi connectivity index (χ0n) is 10.3. The second-order valence-corrected chi connectivity index (χ2v) is 4.43. The van der Waals surface area contributed by atoms with Crippen LogP contribution in [-0.4, -0.2) is 22.5 Å². The molecule has 0 saturated carbocycles. The van der Waals surface area contributed by atoms with E-state index < -0.39 is 4.92 Å². The normalized spacial score (nSPS) is 18.7. The Balaban J connectivity index is 2.37. The fourth-order valence-corrected chi connectivity index (χ4v) is 2.20. The van der Waals surface area contributed by atoms with Crippen LogP contribution >= 0.6 is 0 Å². The van der Waals surface area contributed by atoms with Crippen LogP contribution in [0.2, 0.25) is 0 Å². The molecule has 1 heterocycles. The topological polar surface area (TPSA) is 83.7 Å². The van der Waals surface area contributed by atoms with Gasteiger partial charge in [-0.3, -0.25) is 14.9 Å². The van der Waals surface area contributed by atoms with Crippen LogP contribution in [0.15, 0.2) is 30.9 Å². The highest BCUT2D eigenvalue weighted by atomic mass is 16.6. The minimum atomic E-state index is -0.527. The van der Waals surface area contributed by atoms with E-state index >= 15 is 0 Å². The first-order valence-corrected chi connectivity index (χ1v) is 5.88. The number of rotatable bonds is 4. The van der Waals surface area contributed by atoms with E-state index in [0.29, 0.717) is 24.2 Å². The third-order valence-corrected chi connectivity index (χ3v) is 3.22. The van der Waals surface area contributed by atoms with Gasteiger partial charge in [0.25, 0.3) is 5.69 Å². The SMILES string of the molecule is C=CC1CC(=O)N(c2ccc([N+](=O)[O-])cc2CO)C1. The maximum absolute atomic E-state index is 11.9. The Morgan fingerprint density at radius 3 is 2.84 bits per heavy atom. The molecule has 0 spiro atoms. The van der Waals surface area contributed by atoms with Crippen LogP contribution in [0.5, 0.6) is 0 Å². The van der Waals surface area contributed by atoms with E-state index in [1.807, 2.05) is 0 Å². The first kappa shape index (κ1) is 13.2. The van der Waals surface area contributed by atoms with Crippen molar-refractivity contribution in [3.63, 3.8) is 0 Å². The Morgan fingerprint density at radius 2 is 2.32 bits per heavy atom. The van der Waals surface area contributed by atoms with E-state index in [9.17, 15) is 20.0 Å². The summed E-state index contributed by atoms with van der Waals surface area (Å²) in [5.74, 6) is 0.0164. The maximum atomic E-state index is 11.9. The third kappa shape index (κ3) is 2.48. The number of nitrogens with zero attached hydrogens (tertiary/aromatic N) is 2. The lowest BCUT2D eigenvalue weighted by molar-refractivity contribution is -0.384. The van der Waals surface area contributed by atoms with Crippen molar-refractivity contribution in [1.82, 2.24) is 0 Å². The molecular weight excluding hydrogens is 248 g/mol. The molecule has 1 aliphatic rings. The average molecular weight is 262 g/mol. The Labute approximate surface area is 110 Å². The molecule has 1 atom stereocenters. The van der Waals surface area contributed by atoms with Crippen molar-refractivity contribution < 1.29 is 14.8 Å². The number of nitro groups is 1. The molecule has 6 heteroatoms. The standard InChI is InChI=1S/C13H14N2O4/c1-2-9-5-13(17)14(7-9)12-4-3-11(15(18)19)6-10(12)8-16/h2-4,6,9,16H,1,5,7-8H2. The predicted octanol–water partition coefficient (Wildman–Crippen LogP) is 1.63. The summed E-state index contributed by atoms with van der Waals surface area (Å²) >= 11 is 0. The monoisotopic (exact) mass is 262 g/mol. The number of aliphatic hydroxyl groups excluding tert-OH is 1. The molecule has 1 aromatic carbocycles. The number of hydrogen-bond acceptors (Lipinski definition) is 4. The lowest BCUT2D eigenvalue weighted by atomic mass is 10.1. The summed E-state index contributed by atoms with van der Waals surface area (Å²) in [6, 6.07) is 4.14. The molecule has 1 amide bonds. The Kier molecular flexibility index (Phi) is 3.62. The molecule has 6 nitrogen and oxygen atoms in total. The fraction of sp³-hybridized carbons (Fsp3) is 0.308.